The first kappa shape index (κ1) is 59.1. The Kier molecular flexibility index (Phi) is 19.8. The number of rotatable bonds is 27. The standard InChI is InChI=1S/C56H103N3O8/c1-17-18-19-20-21-22-23-24-25-26-27-28-29-30-31-32-33-54(45(62)63,41-34-48(2,3)57(14)49(4,5)35-41)56(47(66)67,43-38-52(10,11)59(16)53(12,13)39-43)55(46(64)65,40-44(60)61)42-36-50(6,7)58(15)51(8,9)37-42/h41-43H,17-40H2,1-16H3,(H,60,61)(H,62,63)(H,64,65)(H,66,67). The summed E-state index contributed by atoms with van der Waals surface area (Å²) in [5, 5.41) is 49.1. The molecule has 67 heavy (non-hydrogen) atoms. The van der Waals surface area contributed by atoms with E-state index in [4.69, 9.17) is 0 Å². The van der Waals surface area contributed by atoms with E-state index in [2.05, 4.69) is 49.3 Å². The number of nitrogens with zero attached hydrogens (tertiary/aromatic N) is 3. The third kappa shape index (κ3) is 12.1. The summed E-state index contributed by atoms with van der Waals surface area (Å²) in [7, 11) is 6.03. The average Bonchev–Trinajstić information content (AvgIpc) is 3.18. The molecule has 3 atom stereocenters. The van der Waals surface area contributed by atoms with Gasteiger partial charge in [-0.15, -0.1) is 0 Å². The van der Waals surface area contributed by atoms with E-state index >= 15 is 14.4 Å². The van der Waals surface area contributed by atoms with Crippen LogP contribution in [0.4, 0.5) is 0 Å². The molecule has 4 N–H and O–H groups in total. The first-order chi connectivity index (χ1) is 30.7. The van der Waals surface area contributed by atoms with Gasteiger partial charge in [-0.25, -0.2) is 0 Å². The van der Waals surface area contributed by atoms with Crippen LogP contribution in [-0.4, -0.2) is 113 Å². The summed E-state index contributed by atoms with van der Waals surface area (Å²) in [6.45, 7) is 26.8. The van der Waals surface area contributed by atoms with Crippen molar-refractivity contribution in [3.8, 4) is 0 Å². The normalized spacial score (nSPS) is 25.1. The second kappa shape index (κ2) is 22.5. The monoisotopic (exact) mass is 946 g/mol. The number of likely N-dealkylation sites (tertiary alicyclic amines) is 3. The number of carboxylic acids is 4. The smallest absolute Gasteiger partial charge is 0.312 e. The Balaban J connectivity index is 2.33. The van der Waals surface area contributed by atoms with Crippen molar-refractivity contribution in [3.05, 3.63) is 0 Å². The summed E-state index contributed by atoms with van der Waals surface area (Å²) in [5.74, 6) is -8.47. The minimum absolute atomic E-state index is 0.0468. The van der Waals surface area contributed by atoms with E-state index in [0.29, 0.717) is 25.7 Å². The summed E-state index contributed by atoms with van der Waals surface area (Å²) in [6.07, 6.45) is 18.5. The lowest BCUT2D eigenvalue weighted by molar-refractivity contribution is -0.253. The van der Waals surface area contributed by atoms with Crippen molar-refractivity contribution in [2.24, 2.45) is 34.0 Å². The summed E-state index contributed by atoms with van der Waals surface area (Å²) >= 11 is 0. The molecule has 3 fully saturated rings. The quantitative estimate of drug-likeness (QED) is 0.0581. The van der Waals surface area contributed by atoms with Crippen molar-refractivity contribution in [1.82, 2.24) is 14.7 Å². The van der Waals surface area contributed by atoms with E-state index in [9.17, 15) is 25.2 Å². The number of aliphatic carboxylic acids is 4. The van der Waals surface area contributed by atoms with Gasteiger partial charge in [-0.3, -0.25) is 33.9 Å². The molecule has 390 valence electrons. The van der Waals surface area contributed by atoms with Crippen LogP contribution in [-0.2, 0) is 19.2 Å². The first-order valence-corrected chi connectivity index (χ1v) is 26.8. The Bertz CT molecular complexity index is 1620. The highest BCUT2D eigenvalue weighted by Crippen LogP contribution is 2.73. The number of piperidine rings is 3. The van der Waals surface area contributed by atoms with E-state index in [-0.39, 0.29) is 32.1 Å². The summed E-state index contributed by atoms with van der Waals surface area (Å²) in [4.78, 5) is 67.0. The van der Waals surface area contributed by atoms with Crippen LogP contribution in [0.5, 0.6) is 0 Å². The molecule has 3 unspecified atom stereocenters. The first-order valence-electron chi connectivity index (χ1n) is 26.8. The molecule has 11 heteroatoms. The highest BCUT2D eigenvalue weighted by molar-refractivity contribution is 5.96. The molecule has 11 nitrogen and oxygen atoms in total. The second-order valence-corrected chi connectivity index (χ2v) is 26.2. The molecule has 3 rings (SSSR count). The van der Waals surface area contributed by atoms with Crippen LogP contribution >= 0.6 is 0 Å². The van der Waals surface area contributed by atoms with Gasteiger partial charge in [0.1, 0.15) is 5.41 Å². The van der Waals surface area contributed by atoms with Gasteiger partial charge in [0.25, 0.3) is 0 Å². The summed E-state index contributed by atoms with van der Waals surface area (Å²) < 4.78 is 0. The molecular weight excluding hydrogens is 843 g/mol. The fourth-order valence-electron chi connectivity index (χ4n) is 15.2. The number of carbonyl (C=O) groups is 4. The van der Waals surface area contributed by atoms with Crippen molar-refractivity contribution in [1.29, 1.82) is 0 Å². The highest BCUT2D eigenvalue weighted by atomic mass is 16.4. The maximum absolute atomic E-state index is 15.8. The van der Waals surface area contributed by atoms with Crippen LogP contribution < -0.4 is 0 Å². The van der Waals surface area contributed by atoms with Gasteiger partial charge in [0, 0.05) is 33.2 Å². The van der Waals surface area contributed by atoms with E-state index in [1.54, 1.807) is 0 Å². The molecule has 0 amide bonds. The Labute approximate surface area is 409 Å². The fraction of sp³-hybridized carbons (Fsp3) is 0.929. The lowest BCUT2D eigenvalue weighted by Crippen LogP contribution is -2.76. The maximum Gasteiger partial charge on any atom is 0.312 e. The van der Waals surface area contributed by atoms with E-state index in [0.717, 1.165) is 25.7 Å². The molecule has 3 aliphatic heterocycles. The van der Waals surface area contributed by atoms with Crippen LogP contribution in [0.25, 0.3) is 0 Å². The van der Waals surface area contributed by atoms with E-state index in [1.165, 1.54) is 64.2 Å². The largest absolute Gasteiger partial charge is 0.481 e. The molecule has 0 spiro atoms. The number of unbranched alkanes of at least 4 members (excludes halogenated alkanes) is 15. The van der Waals surface area contributed by atoms with Gasteiger partial charge in [-0.05, 0) is 167 Å². The molecule has 0 aromatic carbocycles. The molecule has 0 aromatic heterocycles. The Morgan fingerprint density at radius 3 is 0.910 bits per heavy atom. The molecular formula is C56H103N3O8. The molecule has 0 aromatic rings. The number of carboxylic acid groups (broad SMARTS) is 4. The fourth-order valence-corrected chi connectivity index (χ4v) is 15.2. The molecule has 3 saturated heterocycles. The third-order valence-electron chi connectivity index (χ3n) is 19.3. The van der Waals surface area contributed by atoms with E-state index < -0.39 is 97.5 Å². The Morgan fingerprint density at radius 1 is 0.403 bits per heavy atom. The lowest BCUT2D eigenvalue weighted by Gasteiger charge is -2.68. The second-order valence-electron chi connectivity index (χ2n) is 26.2. The van der Waals surface area contributed by atoms with Gasteiger partial charge in [-0.1, -0.05) is 110 Å². The van der Waals surface area contributed by atoms with Crippen LogP contribution in [0.3, 0.4) is 0 Å². The highest BCUT2D eigenvalue weighted by Gasteiger charge is 2.81. The van der Waals surface area contributed by atoms with Gasteiger partial charge < -0.3 is 20.4 Å². The number of hydrogen-bond acceptors (Lipinski definition) is 7. The van der Waals surface area contributed by atoms with Crippen molar-refractivity contribution in [2.45, 2.75) is 277 Å². The van der Waals surface area contributed by atoms with Gasteiger partial charge in [-0.2, -0.15) is 0 Å². The minimum Gasteiger partial charge on any atom is -0.481 e. The third-order valence-corrected chi connectivity index (χ3v) is 19.3. The van der Waals surface area contributed by atoms with Crippen LogP contribution in [0.15, 0.2) is 0 Å². The zero-order valence-corrected chi connectivity index (χ0v) is 46.0. The molecule has 3 aliphatic rings. The van der Waals surface area contributed by atoms with Crippen molar-refractivity contribution < 1.29 is 39.6 Å². The topological polar surface area (TPSA) is 159 Å². The van der Waals surface area contributed by atoms with Crippen molar-refractivity contribution >= 4 is 23.9 Å². The van der Waals surface area contributed by atoms with Gasteiger partial charge >= 0.3 is 23.9 Å². The van der Waals surface area contributed by atoms with Crippen LogP contribution in [0.2, 0.25) is 0 Å². The predicted octanol–water partition coefficient (Wildman–Crippen LogP) is 13.0. The zero-order chi connectivity index (χ0) is 51.2. The van der Waals surface area contributed by atoms with Crippen LogP contribution in [0, 0.1) is 34.0 Å². The minimum atomic E-state index is -2.55. The Hall–Kier alpha value is -2.24. The summed E-state index contributed by atoms with van der Waals surface area (Å²) in [6, 6.07) is 0. The molecule has 0 bridgehead atoms. The maximum atomic E-state index is 15.8. The SMILES string of the molecule is CCCCCCCCCCCCCCCCCCC(C(=O)O)(C1CC(C)(C)N(C)C(C)(C)C1)C(C(=O)O)(C1CC(C)(C)N(C)C(C)(C)C1)C(CC(=O)O)(C(=O)O)C1CC(C)(C)N(C)C(C)(C)C1. The number of hydrogen-bond donors (Lipinski definition) is 4. The van der Waals surface area contributed by atoms with Gasteiger partial charge in [0.15, 0.2) is 0 Å². The lowest BCUT2D eigenvalue weighted by atomic mass is 9.34. The zero-order valence-electron chi connectivity index (χ0n) is 46.0. The van der Waals surface area contributed by atoms with Crippen molar-refractivity contribution in [3.63, 3.8) is 0 Å². The predicted molar refractivity (Wildman–Crippen MR) is 273 cm³/mol. The molecule has 3 heterocycles. The molecule has 0 aliphatic carbocycles. The molecule has 0 saturated carbocycles. The summed E-state index contributed by atoms with van der Waals surface area (Å²) in [5.41, 5.74) is -11.1. The Morgan fingerprint density at radius 2 is 0.657 bits per heavy atom. The van der Waals surface area contributed by atoms with Crippen molar-refractivity contribution in [2.75, 3.05) is 21.1 Å². The van der Waals surface area contributed by atoms with E-state index in [1.807, 2.05) is 76.5 Å². The molecule has 0 radical (unpaired) electrons. The van der Waals surface area contributed by atoms with Gasteiger partial charge in [0.2, 0.25) is 0 Å². The average molecular weight is 946 g/mol. The van der Waals surface area contributed by atoms with Crippen LogP contribution in [0.1, 0.15) is 244 Å². The van der Waals surface area contributed by atoms with Gasteiger partial charge in [0.05, 0.1) is 17.3 Å².